The minimum atomic E-state index is -0.212. The van der Waals surface area contributed by atoms with Crippen LogP contribution in [-0.2, 0) is 9.59 Å². The Morgan fingerprint density at radius 2 is 1.57 bits per heavy atom. The number of amides is 2. The van der Waals surface area contributed by atoms with Crippen molar-refractivity contribution in [3.05, 3.63) is 59.2 Å². The average molecular weight is 409 g/mol. The van der Waals surface area contributed by atoms with Crippen molar-refractivity contribution in [1.29, 1.82) is 0 Å². The third-order valence-corrected chi connectivity index (χ3v) is 5.73. The van der Waals surface area contributed by atoms with E-state index in [1.165, 1.54) is 0 Å². The number of anilines is 2. The zero-order valence-corrected chi connectivity index (χ0v) is 18.4. The minimum absolute atomic E-state index is 0.00169. The number of hydrogen-bond acceptors (Lipinski definition) is 4. The van der Waals surface area contributed by atoms with E-state index in [0.717, 1.165) is 54.2 Å². The van der Waals surface area contributed by atoms with Gasteiger partial charge in [-0.15, -0.1) is 0 Å². The highest BCUT2D eigenvalue weighted by molar-refractivity contribution is 5.95. The second kappa shape index (κ2) is 9.87. The smallest absolute Gasteiger partial charge is 0.241 e. The van der Waals surface area contributed by atoms with Crippen molar-refractivity contribution in [3.8, 4) is 0 Å². The molecule has 6 nitrogen and oxygen atoms in total. The van der Waals surface area contributed by atoms with E-state index in [1.54, 1.807) is 0 Å². The standard InChI is InChI=1S/C24H32N4O2/c1-17-7-5-10-21(15-17)25-24(30)20(4)28-13-11-27(12-14-28)16-22(29)26-23-18(2)8-6-9-19(23)3/h5-10,15,20H,11-14,16H2,1-4H3,(H,25,30)(H,26,29). The van der Waals surface area contributed by atoms with Crippen LogP contribution in [0.3, 0.4) is 0 Å². The van der Waals surface area contributed by atoms with Gasteiger partial charge < -0.3 is 10.6 Å². The lowest BCUT2D eigenvalue weighted by Gasteiger charge is -2.37. The molecule has 1 fully saturated rings. The zero-order chi connectivity index (χ0) is 21.7. The maximum atomic E-state index is 12.6. The number of para-hydroxylation sites is 1. The lowest BCUT2D eigenvalue weighted by atomic mass is 10.1. The summed E-state index contributed by atoms with van der Waals surface area (Å²) in [5.41, 5.74) is 4.99. The Morgan fingerprint density at radius 1 is 0.933 bits per heavy atom. The largest absolute Gasteiger partial charge is 0.325 e. The number of nitrogens with zero attached hydrogens (tertiary/aromatic N) is 2. The Kier molecular flexibility index (Phi) is 7.24. The first-order chi connectivity index (χ1) is 14.3. The molecule has 0 spiro atoms. The van der Waals surface area contributed by atoms with Gasteiger partial charge in [0, 0.05) is 37.6 Å². The molecule has 3 rings (SSSR count). The van der Waals surface area contributed by atoms with Crippen LogP contribution in [-0.4, -0.2) is 60.4 Å². The van der Waals surface area contributed by atoms with Crippen LogP contribution in [0.4, 0.5) is 11.4 Å². The van der Waals surface area contributed by atoms with Gasteiger partial charge in [0.1, 0.15) is 0 Å². The maximum Gasteiger partial charge on any atom is 0.241 e. The summed E-state index contributed by atoms with van der Waals surface area (Å²) in [7, 11) is 0. The number of benzene rings is 2. The molecular weight excluding hydrogens is 376 g/mol. The fourth-order valence-corrected chi connectivity index (χ4v) is 3.84. The quantitative estimate of drug-likeness (QED) is 0.771. The molecule has 1 unspecified atom stereocenters. The summed E-state index contributed by atoms with van der Waals surface area (Å²) in [6, 6.07) is 13.6. The van der Waals surface area contributed by atoms with Gasteiger partial charge in [-0.05, 0) is 56.5 Å². The van der Waals surface area contributed by atoms with Gasteiger partial charge in [0.2, 0.25) is 11.8 Å². The van der Waals surface area contributed by atoms with E-state index in [-0.39, 0.29) is 17.9 Å². The lowest BCUT2D eigenvalue weighted by molar-refractivity contribution is -0.122. The summed E-state index contributed by atoms with van der Waals surface area (Å²) >= 11 is 0. The van der Waals surface area contributed by atoms with E-state index >= 15 is 0 Å². The van der Waals surface area contributed by atoms with Gasteiger partial charge in [-0.2, -0.15) is 0 Å². The number of rotatable bonds is 6. The third kappa shape index (κ3) is 5.68. The first-order valence-corrected chi connectivity index (χ1v) is 10.5. The molecule has 1 saturated heterocycles. The van der Waals surface area contributed by atoms with Crippen LogP contribution in [0.15, 0.2) is 42.5 Å². The van der Waals surface area contributed by atoms with Gasteiger partial charge in [0.15, 0.2) is 0 Å². The Morgan fingerprint density at radius 3 is 2.20 bits per heavy atom. The van der Waals surface area contributed by atoms with Crippen molar-refractivity contribution in [1.82, 2.24) is 9.80 Å². The molecule has 30 heavy (non-hydrogen) atoms. The highest BCUT2D eigenvalue weighted by Gasteiger charge is 2.26. The van der Waals surface area contributed by atoms with Gasteiger partial charge >= 0.3 is 0 Å². The van der Waals surface area contributed by atoms with Gasteiger partial charge in [0.25, 0.3) is 0 Å². The van der Waals surface area contributed by atoms with Crippen molar-refractivity contribution < 1.29 is 9.59 Å². The molecule has 2 N–H and O–H groups in total. The molecule has 0 saturated carbocycles. The van der Waals surface area contributed by atoms with Crippen LogP contribution in [0.1, 0.15) is 23.6 Å². The van der Waals surface area contributed by atoms with Gasteiger partial charge in [-0.25, -0.2) is 0 Å². The monoisotopic (exact) mass is 408 g/mol. The minimum Gasteiger partial charge on any atom is -0.325 e. The van der Waals surface area contributed by atoms with E-state index in [0.29, 0.717) is 6.54 Å². The van der Waals surface area contributed by atoms with Crippen LogP contribution in [0.25, 0.3) is 0 Å². The number of carbonyl (C=O) groups is 2. The summed E-state index contributed by atoms with van der Waals surface area (Å²) in [5, 5.41) is 6.05. The van der Waals surface area contributed by atoms with Crippen LogP contribution < -0.4 is 10.6 Å². The number of hydrogen-bond donors (Lipinski definition) is 2. The molecule has 160 valence electrons. The molecule has 1 aliphatic rings. The highest BCUT2D eigenvalue weighted by Crippen LogP contribution is 2.19. The molecule has 0 bridgehead atoms. The first kappa shape index (κ1) is 22.0. The highest BCUT2D eigenvalue weighted by atomic mass is 16.2. The molecular formula is C24H32N4O2. The molecule has 2 amide bonds. The number of carbonyl (C=O) groups excluding carboxylic acids is 2. The van der Waals surface area contributed by atoms with Crippen LogP contribution in [0, 0.1) is 20.8 Å². The first-order valence-electron chi connectivity index (χ1n) is 10.5. The SMILES string of the molecule is Cc1cccc(NC(=O)C(C)N2CCN(CC(=O)Nc3c(C)cccc3C)CC2)c1. The normalized spacial score (nSPS) is 16.1. The topological polar surface area (TPSA) is 64.7 Å². The average Bonchev–Trinajstić information content (AvgIpc) is 2.71. The summed E-state index contributed by atoms with van der Waals surface area (Å²) in [5.74, 6) is 0.00732. The van der Waals surface area contributed by atoms with E-state index < -0.39 is 0 Å². The predicted octanol–water partition coefficient (Wildman–Crippen LogP) is 3.20. The van der Waals surface area contributed by atoms with Crippen LogP contribution >= 0.6 is 0 Å². The summed E-state index contributed by atoms with van der Waals surface area (Å²) in [6.07, 6.45) is 0. The lowest BCUT2D eigenvalue weighted by Crippen LogP contribution is -2.53. The van der Waals surface area contributed by atoms with Gasteiger partial charge in [-0.3, -0.25) is 19.4 Å². The summed E-state index contributed by atoms with van der Waals surface area (Å²) in [4.78, 5) is 29.4. The van der Waals surface area contributed by atoms with Crippen LogP contribution in [0.5, 0.6) is 0 Å². The van der Waals surface area contributed by atoms with Crippen molar-refractivity contribution in [3.63, 3.8) is 0 Å². The van der Waals surface area contributed by atoms with Crippen molar-refractivity contribution in [2.75, 3.05) is 43.4 Å². The maximum absolute atomic E-state index is 12.6. The molecule has 1 atom stereocenters. The third-order valence-electron chi connectivity index (χ3n) is 5.73. The van der Waals surface area contributed by atoms with Crippen LogP contribution in [0.2, 0.25) is 0 Å². The molecule has 2 aromatic rings. The second-order valence-electron chi connectivity index (χ2n) is 8.16. The molecule has 1 aliphatic heterocycles. The van der Waals surface area contributed by atoms with E-state index in [4.69, 9.17) is 0 Å². The predicted molar refractivity (Wildman–Crippen MR) is 122 cm³/mol. The Hall–Kier alpha value is -2.70. The Bertz CT molecular complexity index is 884. The molecule has 0 radical (unpaired) electrons. The summed E-state index contributed by atoms with van der Waals surface area (Å²) < 4.78 is 0. The van der Waals surface area contributed by atoms with Gasteiger partial charge in [0.05, 0.1) is 12.6 Å². The van der Waals surface area contributed by atoms with Crippen molar-refractivity contribution >= 4 is 23.2 Å². The molecule has 2 aromatic carbocycles. The molecule has 6 heteroatoms. The fraction of sp³-hybridized carbons (Fsp3) is 0.417. The number of piperazine rings is 1. The summed E-state index contributed by atoms with van der Waals surface area (Å²) in [6.45, 7) is 11.4. The zero-order valence-electron chi connectivity index (χ0n) is 18.4. The van der Waals surface area contributed by atoms with Crippen molar-refractivity contribution in [2.45, 2.75) is 33.7 Å². The molecule has 0 aromatic heterocycles. The molecule has 1 heterocycles. The van der Waals surface area contributed by atoms with E-state index in [1.807, 2.05) is 70.2 Å². The van der Waals surface area contributed by atoms with E-state index in [2.05, 4.69) is 20.4 Å². The second-order valence-corrected chi connectivity index (χ2v) is 8.16. The fourth-order valence-electron chi connectivity index (χ4n) is 3.84. The van der Waals surface area contributed by atoms with Gasteiger partial charge in [-0.1, -0.05) is 30.3 Å². The van der Waals surface area contributed by atoms with Crippen molar-refractivity contribution in [2.24, 2.45) is 0 Å². The number of aryl methyl sites for hydroxylation is 3. The Balaban J connectivity index is 1.47. The Labute approximate surface area is 179 Å². The molecule has 0 aliphatic carbocycles. The number of nitrogens with one attached hydrogen (secondary N) is 2. The van der Waals surface area contributed by atoms with E-state index in [9.17, 15) is 9.59 Å².